The fraction of sp³-hybridized carbons (Fsp3) is 0.412. The van der Waals surface area contributed by atoms with Crippen LogP contribution in [0.5, 0.6) is 0 Å². The molecule has 2 aromatic rings. The second-order valence-electron chi connectivity index (χ2n) is 6.69. The monoisotopic (exact) mass is 407 g/mol. The number of nitrogens with zero attached hydrogens (tertiary/aromatic N) is 4. The molecular formula is C17H21N5O5S. The van der Waals surface area contributed by atoms with Crippen LogP contribution in [0.4, 0.5) is 11.4 Å². The summed E-state index contributed by atoms with van der Waals surface area (Å²) in [5, 5.41) is 17.6. The van der Waals surface area contributed by atoms with Gasteiger partial charge in [0.25, 0.3) is 5.69 Å². The number of nitro benzene ring substituents is 1. The zero-order valence-electron chi connectivity index (χ0n) is 15.5. The molecule has 11 heteroatoms. The molecule has 0 radical (unpaired) electrons. The van der Waals surface area contributed by atoms with Gasteiger partial charge in [-0.3, -0.25) is 19.6 Å². The largest absolute Gasteiger partial charge is 0.323 e. The van der Waals surface area contributed by atoms with Gasteiger partial charge in [-0.05, 0) is 31.9 Å². The summed E-state index contributed by atoms with van der Waals surface area (Å²) in [6.07, 6.45) is 2.39. The fourth-order valence-electron chi connectivity index (χ4n) is 3.10. The van der Waals surface area contributed by atoms with E-state index < -0.39 is 14.9 Å². The van der Waals surface area contributed by atoms with Crippen LogP contribution in [0.15, 0.2) is 35.4 Å². The summed E-state index contributed by atoms with van der Waals surface area (Å²) in [4.78, 5) is 22.6. The highest BCUT2D eigenvalue weighted by Crippen LogP contribution is 2.26. The molecule has 1 saturated heterocycles. The standard InChI is InChI=1S/C17H21N5O5S/c1-12-16(11-18-20(12)2)19-17(23)13-7-9-21(10-8-13)28(26,27)15-5-3-14(4-6-15)22(24)25/h3-6,11,13H,7-10H2,1-2H3,(H,19,23). The summed E-state index contributed by atoms with van der Waals surface area (Å²) in [6, 6.07) is 4.81. The van der Waals surface area contributed by atoms with E-state index >= 15 is 0 Å². The van der Waals surface area contributed by atoms with E-state index in [1.165, 1.54) is 28.6 Å². The van der Waals surface area contributed by atoms with Crippen molar-refractivity contribution in [1.82, 2.24) is 14.1 Å². The highest BCUT2D eigenvalue weighted by atomic mass is 32.2. The molecule has 0 unspecified atom stereocenters. The van der Waals surface area contributed by atoms with Gasteiger partial charge in [0.1, 0.15) is 0 Å². The van der Waals surface area contributed by atoms with Crippen molar-refractivity contribution in [3.05, 3.63) is 46.3 Å². The molecule has 1 fully saturated rings. The maximum Gasteiger partial charge on any atom is 0.269 e. The number of sulfonamides is 1. The zero-order valence-corrected chi connectivity index (χ0v) is 16.3. The smallest absolute Gasteiger partial charge is 0.269 e. The minimum Gasteiger partial charge on any atom is -0.323 e. The van der Waals surface area contributed by atoms with E-state index in [9.17, 15) is 23.3 Å². The maximum atomic E-state index is 12.7. The number of non-ortho nitro benzene ring substituents is 1. The van der Waals surface area contributed by atoms with Gasteiger partial charge in [0, 0.05) is 38.2 Å². The highest BCUT2D eigenvalue weighted by Gasteiger charge is 2.32. The van der Waals surface area contributed by atoms with Crippen molar-refractivity contribution in [3.8, 4) is 0 Å². The molecule has 0 spiro atoms. The fourth-order valence-corrected chi connectivity index (χ4v) is 4.57. The molecular weight excluding hydrogens is 386 g/mol. The van der Waals surface area contributed by atoms with Crippen LogP contribution in [-0.2, 0) is 21.9 Å². The molecule has 0 bridgehead atoms. The number of nitrogens with one attached hydrogen (secondary N) is 1. The van der Waals surface area contributed by atoms with Gasteiger partial charge in [0.05, 0.1) is 27.4 Å². The first-order valence-corrected chi connectivity index (χ1v) is 10.2. The Morgan fingerprint density at radius 3 is 2.36 bits per heavy atom. The molecule has 1 aromatic carbocycles. The lowest BCUT2D eigenvalue weighted by molar-refractivity contribution is -0.384. The Morgan fingerprint density at radius 1 is 1.25 bits per heavy atom. The Bertz CT molecular complexity index is 991. The first-order valence-electron chi connectivity index (χ1n) is 8.74. The Kier molecular flexibility index (Phi) is 5.47. The van der Waals surface area contributed by atoms with Gasteiger partial charge in [-0.2, -0.15) is 9.40 Å². The average Bonchev–Trinajstić information content (AvgIpc) is 3.00. The van der Waals surface area contributed by atoms with E-state index in [-0.39, 0.29) is 35.5 Å². The molecule has 2 heterocycles. The summed E-state index contributed by atoms with van der Waals surface area (Å²) in [5.74, 6) is -0.439. The summed E-state index contributed by atoms with van der Waals surface area (Å²) < 4.78 is 28.4. The van der Waals surface area contributed by atoms with E-state index in [1.807, 2.05) is 6.92 Å². The molecule has 1 aliphatic rings. The summed E-state index contributed by atoms with van der Waals surface area (Å²) >= 11 is 0. The van der Waals surface area contributed by atoms with Crippen molar-refractivity contribution >= 4 is 27.3 Å². The van der Waals surface area contributed by atoms with E-state index in [0.29, 0.717) is 18.5 Å². The number of nitro groups is 1. The van der Waals surface area contributed by atoms with Crippen molar-refractivity contribution < 1.29 is 18.1 Å². The molecule has 1 aromatic heterocycles. The first kappa shape index (κ1) is 20.0. The predicted octanol–water partition coefficient (Wildman–Crippen LogP) is 1.68. The maximum absolute atomic E-state index is 12.7. The zero-order chi connectivity index (χ0) is 20.5. The van der Waals surface area contributed by atoms with Gasteiger partial charge in [0.15, 0.2) is 0 Å². The second kappa shape index (κ2) is 7.68. The number of benzene rings is 1. The molecule has 0 atom stereocenters. The lowest BCUT2D eigenvalue weighted by Crippen LogP contribution is -2.41. The van der Waals surface area contributed by atoms with Crippen LogP contribution in [0, 0.1) is 23.0 Å². The van der Waals surface area contributed by atoms with Crippen molar-refractivity contribution in [2.45, 2.75) is 24.7 Å². The third kappa shape index (κ3) is 3.90. The first-order chi connectivity index (χ1) is 13.2. The lowest BCUT2D eigenvalue weighted by atomic mass is 9.97. The van der Waals surface area contributed by atoms with Crippen molar-refractivity contribution in [1.29, 1.82) is 0 Å². The number of hydrogen-bond acceptors (Lipinski definition) is 6. The van der Waals surface area contributed by atoms with Crippen molar-refractivity contribution in [2.24, 2.45) is 13.0 Å². The van der Waals surface area contributed by atoms with E-state index in [4.69, 9.17) is 0 Å². The number of rotatable bonds is 5. The molecule has 0 aliphatic carbocycles. The average molecular weight is 407 g/mol. The number of carbonyl (C=O) groups is 1. The number of hydrogen-bond donors (Lipinski definition) is 1. The Labute approximate surface area is 162 Å². The Morgan fingerprint density at radius 2 is 1.86 bits per heavy atom. The van der Waals surface area contributed by atoms with E-state index in [1.54, 1.807) is 17.9 Å². The van der Waals surface area contributed by atoms with Crippen LogP contribution >= 0.6 is 0 Å². The SMILES string of the molecule is Cc1c(NC(=O)C2CCN(S(=O)(=O)c3ccc([N+](=O)[O-])cc3)CC2)cnn1C. The number of aromatic nitrogens is 2. The van der Waals surface area contributed by atoms with Crippen molar-refractivity contribution in [2.75, 3.05) is 18.4 Å². The second-order valence-corrected chi connectivity index (χ2v) is 8.62. The molecule has 0 saturated carbocycles. The van der Waals surface area contributed by atoms with Crippen LogP contribution in [0.3, 0.4) is 0 Å². The van der Waals surface area contributed by atoms with Crippen LogP contribution in [0.1, 0.15) is 18.5 Å². The molecule has 150 valence electrons. The van der Waals surface area contributed by atoms with Crippen LogP contribution in [0.2, 0.25) is 0 Å². The van der Waals surface area contributed by atoms with Crippen LogP contribution in [0.25, 0.3) is 0 Å². The molecule has 1 amide bonds. The molecule has 10 nitrogen and oxygen atoms in total. The van der Waals surface area contributed by atoms with E-state index in [2.05, 4.69) is 10.4 Å². The van der Waals surface area contributed by atoms with E-state index in [0.717, 1.165) is 5.69 Å². The van der Waals surface area contributed by atoms with Crippen molar-refractivity contribution in [3.63, 3.8) is 0 Å². The predicted molar refractivity (Wildman–Crippen MR) is 101 cm³/mol. The molecule has 1 N–H and O–H groups in total. The summed E-state index contributed by atoms with van der Waals surface area (Å²) in [6.45, 7) is 2.27. The van der Waals surface area contributed by atoms with Gasteiger partial charge in [-0.25, -0.2) is 8.42 Å². The lowest BCUT2D eigenvalue weighted by Gasteiger charge is -2.30. The number of carbonyl (C=O) groups excluding carboxylic acids is 1. The van der Waals surface area contributed by atoms with Gasteiger partial charge in [-0.15, -0.1) is 0 Å². The normalized spacial score (nSPS) is 16.1. The number of piperidine rings is 1. The minimum absolute atomic E-state index is 0.00647. The van der Waals surface area contributed by atoms with Crippen LogP contribution in [-0.4, -0.2) is 46.4 Å². The minimum atomic E-state index is -3.75. The molecule has 28 heavy (non-hydrogen) atoms. The van der Waals surface area contributed by atoms with Gasteiger partial charge >= 0.3 is 0 Å². The number of aryl methyl sites for hydroxylation is 1. The van der Waals surface area contributed by atoms with Gasteiger partial charge < -0.3 is 5.32 Å². The summed E-state index contributed by atoms with van der Waals surface area (Å²) in [7, 11) is -1.97. The quantitative estimate of drug-likeness (QED) is 0.593. The highest BCUT2D eigenvalue weighted by molar-refractivity contribution is 7.89. The van der Waals surface area contributed by atoms with Crippen LogP contribution < -0.4 is 5.32 Å². The van der Waals surface area contributed by atoms with Gasteiger partial charge in [0.2, 0.25) is 15.9 Å². The topological polar surface area (TPSA) is 127 Å². The van der Waals surface area contributed by atoms with Gasteiger partial charge in [-0.1, -0.05) is 0 Å². The number of amides is 1. The molecule has 1 aliphatic heterocycles. The number of anilines is 1. The molecule has 3 rings (SSSR count). The Hall–Kier alpha value is -2.79. The third-order valence-electron chi connectivity index (χ3n) is 5.00. The summed E-state index contributed by atoms with van der Waals surface area (Å²) in [5.41, 5.74) is 1.32. The Balaban J connectivity index is 1.63. The third-order valence-corrected chi connectivity index (χ3v) is 6.92.